The molecule has 7 nitrogen and oxygen atoms in total. The molecule has 2 N–H and O–H groups in total. The predicted molar refractivity (Wildman–Crippen MR) is 77.4 cm³/mol. The second-order valence-electron chi connectivity index (χ2n) is 4.02. The van der Waals surface area contributed by atoms with Crippen LogP contribution in [0, 0.1) is 0 Å². The summed E-state index contributed by atoms with van der Waals surface area (Å²) in [7, 11) is 0. The van der Waals surface area contributed by atoms with Gasteiger partial charge in [0.05, 0.1) is 12.2 Å². The third kappa shape index (κ3) is 4.06. The number of hydrogen-bond acceptors (Lipinski definition) is 6. The molecule has 0 aliphatic rings. The van der Waals surface area contributed by atoms with Gasteiger partial charge in [0.2, 0.25) is 0 Å². The van der Waals surface area contributed by atoms with Crippen molar-refractivity contribution in [3.63, 3.8) is 0 Å². The fourth-order valence-electron chi connectivity index (χ4n) is 1.54. The highest BCUT2D eigenvalue weighted by atomic mass is 32.2. The van der Waals surface area contributed by atoms with E-state index in [1.54, 1.807) is 31.2 Å². The van der Waals surface area contributed by atoms with Gasteiger partial charge in [-0.15, -0.1) is 0 Å². The molecular formula is C13H13N3O4S. The van der Waals surface area contributed by atoms with Crippen LogP contribution in [-0.4, -0.2) is 27.8 Å². The van der Waals surface area contributed by atoms with E-state index in [0.717, 1.165) is 5.56 Å². The minimum Gasteiger partial charge on any atom is -0.462 e. The summed E-state index contributed by atoms with van der Waals surface area (Å²) in [5.74, 6) is 0.126. The fourth-order valence-corrected chi connectivity index (χ4v) is 2.33. The van der Waals surface area contributed by atoms with E-state index in [1.807, 2.05) is 0 Å². The molecule has 1 aromatic heterocycles. The average molecular weight is 307 g/mol. The van der Waals surface area contributed by atoms with Crippen LogP contribution in [0.2, 0.25) is 0 Å². The third-order valence-electron chi connectivity index (χ3n) is 2.52. The van der Waals surface area contributed by atoms with Crippen LogP contribution in [0.15, 0.2) is 38.9 Å². The lowest BCUT2D eigenvalue weighted by molar-refractivity contribution is 0.0526. The molecule has 0 aliphatic heterocycles. The lowest BCUT2D eigenvalue weighted by Crippen LogP contribution is -2.24. The van der Waals surface area contributed by atoms with E-state index < -0.39 is 11.2 Å². The van der Waals surface area contributed by atoms with Gasteiger partial charge in [-0.2, -0.15) is 5.10 Å². The highest BCUT2D eigenvalue weighted by Crippen LogP contribution is 2.17. The van der Waals surface area contributed by atoms with Crippen LogP contribution in [0.3, 0.4) is 0 Å². The molecule has 110 valence electrons. The van der Waals surface area contributed by atoms with Crippen LogP contribution in [0.5, 0.6) is 0 Å². The second-order valence-corrected chi connectivity index (χ2v) is 4.98. The molecular weight excluding hydrogens is 294 g/mol. The number of aromatic nitrogens is 3. The predicted octanol–water partition coefficient (Wildman–Crippen LogP) is 0.927. The summed E-state index contributed by atoms with van der Waals surface area (Å²) in [6, 6.07) is 6.88. The quantitative estimate of drug-likeness (QED) is 0.629. The summed E-state index contributed by atoms with van der Waals surface area (Å²) < 4.78 is 4.89. The van der Waals surface area contributed by atoms with Crippen LogP contribution in [0.4, 0.5) is 0 Å². The topological polar surface area (TPSA) is 105 Å². The SMILES string of the molecule is CCOC(=O)c1ccc(CSc2n[nH]c(=O)[nH]c2=O)cc1. The van der Waals surface area contributed by atoms with E-state index in [2.05, 4.69) is 15.2 Å². The maximum Gasteiger partial charge on any atom is 0.342 e. The van der Waals surface area contributed by atoms with E-state index in [-0.39, 0.29) is 11.0 Å². The lowest BCUT2D eigenvalue weighted by Gasteiger charge is -2.03. The number of nitrogens with one attached hydrogen (secondary N) is 2. The van der Waals surface area contributed by atoms with Crippen LogP contribution >= 0.6 is 11.8 Å². The minimum absolute atomic E-state index is 0.184. The summed E-state index contributed by atoms with van der Waals surface area (Å²) in [6.45, 7) is 2.08. The number of H-pyrrole nitrogens is 2. The van der Waals surface area contributed by atoms with Crippen molar-refractivity contribution in [3.05, 3.63) is 56.2 Å². The van der Waals surface area contributed by atoms with Crippen molar-refractivity contribution in [2.24, 2.45) is 0 Å². The Morgan fingerprint density at radius 3 is 2.62 bits per heavy atom. The lowest BCUT2D eigenvalue weighted by atomic mass is 10.1. The van der Waals surface area contributed by atoms with Gasteiger partial charge in [0, 0.05) is 5.75 Å². The molecule has 2 aromatic rings. The van der Waals surface area contributed by atoms with Crippen LogP contribution in [0.1, 0.15) is 22.8 Å². The van der Waals surface area contributed by atoms with E-state index >= 15 is 0 Å². The number of rotatable bonds is 5. The minimum atomic E-state index is -0.636. The van der Waals surface area contributed by atoms with Gasteiger partial charge in [-0.3, -0.25) is 9.78 Å². The zero-order chi connectivity index (χ0) is 15.2. The van der Waals surface area contributed by atoms with E-state index in [9.17, 15) is 14.4 Å². The number of nitrogens with zero attached hydrogens (tertiary/aromatic N) is 1. The van der Waals surface area contributed by atoms with Crippen molar-refractivity contribution in [1.29, 1.82) is 0 Å². The highest BCUT2D eigenvalue weighted by Gasteiger charge is 2.07. The fraction of sp³-hybridized carbons (Fsp3) is 0.231. The maximum absolute atomic E-state index is 11.5. The first kappa shape index (κ1) is 15.0. The number of hydrogen-bond donors (Lipinski definition) is 2. The van der Waals surface area contributed by atoms with Crippen molar-refractivity contribution in [1.82, 2.24) is 15.2 Å². The highest BCUT2D eigenvalue weighted by molar-refractivity contribution is 7.98. The molecule has 0 bridgehead atoms. The number of carbonyl (C=O) groups excluding carboxylic acids is 1. The summed E-state index contributed by atoms with van der Waals surface area (Å²) in [5.41, 5.74) is 0.237. The van der Waals surface area contributed by atoms with Gasteiger partial charge in [0.1, 0.15) is 0 Å². The number of carbonyl (C=O) groups is 1. The van der Waals surface area contributed by atoms with Gasteiger partial charge in [0.15, 0.2) is 5.03 Å². The van der Waals surface area contributed by atoms with Crippen LogP contribution < -0.4 is 11.2 Å². The third-order valence-corrected chi connectivity index (χ3v) is 3.55. The zero-order valence-electron chi connectivity index (χ0n) is 11.2. The molecule has 0 spiro atoms. The molecule has 8 heteroatoms. The van der Waals surface area contributed by atoms with E-state index in [4.69, 9.17) is 4.74 Å². The number of ether oxygens (including phenoxy) is 1. The molecule has 1 heterocycles. The first-order valence-electron chi connectivity index (χ1n) is 6.18. The average Bonchev–Trinajstić information content (AvgIpc) is 2.47. The largest absolute Gasteiger partial charge is 0.462 e. The Bertz CT molecular complexity index is 736. The normalized spacial score (nSPS) is 10.3. The number of thioether (sulfide) groups is 1. The molecule has 0 radical (unpaired) electrons. The van der Waals surface area contributed by atoms with E-state index in [0.29, 0.717) is 17.9 Å². The summed E-state index contributed by atoms with van der Waals surface area (Å²) in [6.07, 6.45) is 0. The Labute approximate surface area is 123 Å². The van der Waals surface area contributed by atoms with Crippen molar-refractivity contribution in [2.45, 2.75) is 17.7 Å². The molecule has 0 atom stereocenters. The Morgan fingerprint density at radius 2 is 2.00 bits per heavy atom. The number of aromatic amines is 2. The van der Waals surface area contributed by atoms with E-state index in [1.165, 1.54) is 11.8 Å². The summed E-state index contributed by atoms with van der Waals surface area (Å²) in [4.78, 5) is 35.9. The first-order valence-corrected chi connectivity index (χ1v) is 7.16. The first-order chi connectivity index (χ1) is 10.1. The van der Waals surface area contributed by atoms with Crippen LogP contribution in [0.25, 0.3) is 0 Å². The molecule has 0 unspecified atom stereocenters. The molecule has 2 rings (SSSR count). The summed E-state index contributed by atoms with van der Waals surface area (Å²) >= 11 is 1.19. The number of benzene rings is 1. The molecule has 1 aromatic carbocycles. The molecule has 0 fully saturated rings. The Kier molecular flexibility index (Phi) is 4.94. The van der Waals surface area contributed by atoms with Crippen molar-refractivity contribution in [3.8, 4) is 0 Å². The number of esters is 1. The van der Waals surface area contributed by atoms with Crippen molar-refractivity contribution in [2.75, 3.05) is 6.61 Å². The maximum atomic E-state index is 11.5. The van der Waals surface area contributed by atoms with Gasteiger partial charge in [-0.05, 0) is 24.6 Å². The zero-order valence-corrected chi connectivity index (χ0v) is 12.0. The molecule has 0 amide bonds. The van der Waals surface area contributed by atoms with Crippen molar-refractivity contribution < 1.29 is 9.53 Å². The Hall–Kier alpha value is -2.35. The molecule has 0 saturated carbocycles. The Balaban J connectivity index is 2.02. The standard InChI is InChI=1S/C13H13N3O4S/c1-2-20-12(18)9-5-3-8(4-6-9)7-21-11-10(17)14-13(19)16-15-11/h3-6H,2,7H2,1H3,(H2,14,16,17,19). The van der Waals surface area contributed by atoms with Gasteiger partial charge in [-0.25, -0.2) is 14.7 Å². The van der Waals surface area contributed by atoms with Gasteiger partial charge < -0.3 is 4.74 Å². The van der Waals surface area contributed by atoms with Gasteiger partial charge in [0.25, 0.3) is 5.56 Å². The Morgan fingerprint density at radius 1 is 1.29 bits per heavy atom. The van der Waals surface area contributed by atoms with Crippen LogP contribution in [-0.2, 0) is 10.5 Å². The summed E-state index contributed by atoms with van der Waals surface area (Å²) in [5, 5.41) is 6.03. The molecule has 21 heavy (non-hydrogen) atoms. The monoisotopic (exact) mass is 307 g/mol. The smallest absolute Gasteiger partial charge is 0.342 e. The van der Waals surface area contributed by atoms with Crippen molar-refractivity contribution >= 4 is 17.7 Å². The van der Waals surface area contributed by atoms with Gasteiger partial charge >= 0.3 is 11.7 Å². The molecule has 0 aliphatic carbocycles. The second kappa shape index (κ2) is 6.89. The van der Waals surface area contributed by atoms with Gasteiger partial charge in [-0.1, -0.05) is 23.9 Å². The molecule has 0 saturated heterocycles.